The third-order valence-electron chi connectivity index (χ3n) is 2.64. The minimum atomic E-state index is -1.32. The average Bonchev–Trinajstić information content (AvgIpc) is 2.45. The van der Waals surface area contributed by atoms with E-state index in [9.17, 15) is 19.5 Å². The first-order chi connectivity index (χ1) is 9.85. The van der Waals surface area contributed by atoms with Gasteiger partial charge in [-0.25, -0.2) is 4.79 Å². The predicted molar refractivity (Wildman–Crippen MR) is 78.0 cm³/mol. The van der Waals surface area contributed by atoms with Crippen LogP contribution < -0.4 is 15.8 Å². The molecule has 114 valence electrons. The Balaban J connectivity index is 2.68. The van der Waals surface area contributed by atoms with Crippen molar-refractivity contribution >= 4 is 36.3 Å². The molecule has 0 saturated carbocycles. The molecular formula is C12H15N3O5S. The highest BCUT2D eigenvalue weighted by atomic mass is 32.1. The van der Waals surface area contributed by atoms with Gasteiger partial charge in [0, 0.05) is 12.1 Å². The van der Waals surface area contributed by atoms with Crippen LogP contribution in [0.25, 0.3) is 0 Å². The van der Waals surface area contributed by atoms with E-state index < -0.39 is 23.7 Å². The number of benzene rings is 1. The molecule has 0 fully saturated rings. The molecule has 1 atom stereocenters. The van der Waals surface area contributed by atoms with Gasteiger partial charge in [0.25, 0.3) is 0 Å². The third-order valence-corrected chi connectivity index (χ3v) is 2.89. The number of thiol groups is 1. The standard InChI is InChI=1S/C12H15N3O5S/c13-8(2-4-10(17)15-21)11(18)14-6-1-3-9(16)7(5-6)12(19)20/h1,3,5,8,16,21H,2,4,13H2,(H,14,18)(H,15,17)(H,19,20). The number of nitrogens with one attached hydrogen (secondary N) is 2. The van der Waals surface area contributed by atoms with Crippen LogP contribution in [0.3, 0.4) is 0 Å². The molecule has 0 bridgehead atoms. The summed E-state index contributed by atoms with van der Waals surface area (Å²) in [6, 6.07) is 2.67. The molecule has 1 aromatic carbocycles. The monoisotopic (exact) mass is 313 g/mol. The molecular weight excluding hydrogens is 298 g/mol. The SMILES string of the molecule is NC(CCC(=O)NS)C(=O)Nc1ccc(O)c(C(=O)O)c1. The molecule has 0 aliphatic carbocycles. The topological polar surface area (TPSA) is 142 Å². The zero-order chi connectivity index (χ0) is 16.0. The summed E-state index contributed by atoms with van der Waals surface area (Å²) < 4.78 is 2.11. The summed E-state index contributed by atoms with van der Waals surface area (Å²) in [7, 11) is 0. The predicted octanol–water partition coefficient (Wildman–Crippen LogP) is 0.0974. The number of rotatable bonds is 6. The number of nitrogens with two attached hydrogens (primary N) is 1. The normalized spacial score (nSPS) is 11.5. The minimum Gasteiger partial charge on any atom is -0.507 e. The number of phenols is 1. The maximum absolute atomic E-state index is 11.8. The Labute approximate surface area is 125 Å². The number of hydrogen-bond donors (Lipinski definition) is 6. The fourth-order valence-corrected chi connectivity index (χ4v) is 1.61. The van der Waals surface area contributed by atoms with Crippen LogP contribution in [0.5, 0.6) is 5.75 Å². The lowest BCUT2D eigenvalue weighted by atomic mass is 10.1. The first kappa shape index (κ1) is 16.8. The van der Waals surface area contributed by atoms with Crippen LogP contribution in [0.15, 0.2) is 18.2 Å². The average molecular weight is 313 g/mol. The van der Waals surface area contributed by atoms with Crippen molar-refractivity contribution in [2.24, 2.45) is 5.73 Å². The van der Waals surface area contributed by atoms with Crippen molar-refractivity contribution < 1.29 is 24.6 Å². The molecule has 1 unspecified atom stereocenters. The number of carbonyl (C=O) groups is 3. The van der Waals surface area contributed by atoms with E-state index in [4.69, 9.17) is 10.8 Å². The molecule has 0 aliphatic heterocycles. The van der Waals surface area contributed by atoms with Gasteiger partial charge in [-0.1, -0.05) is 12.8 Å². The molecule has 0 radical (unpaired) electrons. The van der Waals surface area contributed by atoms with Crippen LogP contribution in [0.4, 0.5) is 5.69 Å². The summed E-state index contributed by atoms with van der Waals surface area (Å²) >= 11 is 3.57. The lowest BCUT2D eigenvalue weighted by Gasteiger charge is -2.12. The highest BCUT2D eigenvalue weighted by Gasteiger charge is 2.16. The molecule has 6 N–H and O–H groups in total. The number of aromatic carboxylic acids is 1. The van der Waals surface area contributed by atoms with E-state index in [2.05, 4.69) is 22.9 Å². The number of aromatic hydroxyl groups is 1. The number of carboxylic acid groups (broad SMARTS) is 1. The Bertz CT molecular complexity index is 564. The summed E-state index contributed by atoms with van der Waals surface area (Å²) in [5.41, 5.74) is 5.46. The van der Waals surface area contributed by atoms with Gasteiger partial charge in [0.1, 0.15) is 11.3 Å². The zero-order valence-corrected chi connectivity index (χ0v) is 11.8. The molecule has 1 rings (SSSR count). The van der Waals surface area contributed by atoms with Crippen LogP contribution in [-0.4, -0.2) is 34.0 Å². The Morgan fingerprint density at radius 3 is 2.57 bits per heavy atom. The second-order valence-corrected chi connectivity index (χ2v) is 4.43. The quantitative estimate of drug-likeness (QED) is 0.325. The van der Waals surface area contributed by atoms with E-state index in [1.165, 1.54) is 6.07 Å². The van der Waals surface area contributed by atoms with Crippen molar-refractivity contribution in [1.29, 1.82) is 0 Å². The van der Waals surface area contributed by atoms with Crippen LogP contribution in [0.2, 0.25) is 0 Å². The molecule has 0 saturated heterocycles. The smallest absolute Gasteiger partial charge is 0.339 e. The maximum atomic E-state index is 11.8. The molecule has 0 spiro atoms. The van der Waals surface area contributed by atoms with E-state index in [1.54, 1.807) is 0 Å². The number of anilines is 1. The fraction of sp³-hybridized carbons (Fsp3) is 0.250. The van der Waals surface area contributed by atoms with Crippen molar-refractivity contribution in [2.45, 2.75) is 18.9 Å². The second-order valence-electron chi connectivity index (χ2n) is 4.21. The van der Waals surface area contributed by atoms with E-state index in [0.29, 0.717) is 0 Å². The van der Waals surface area contributed by atoms with Gasteiger partial charge in [-0.15, -0.1) is 0 Å². The highest BCUT2D eigenvalue weighted by molar-refractivity contribution is 7.78. The summed E-state index contributed by atoms with van der Waals surface area (Å²) in [4.78, 5) is 33.6. The molecule has 0 aliphatic rings. The number of hydrogen-bond acceptors (Lipinski definition) is 6. The number of carbonyl (C=O) groups excluding carboxylic acids is 2. The molecule has 0 aromatic heterocycles. The first-order valence-corrected chi connectivity index (χ1v) is 6.35. The van der Waals surface area contributed by atoms with Crippen LogP contribution in [0.1, 0.15) is 23.2 Å². The lowest BCUT2D eigenvalue weighted by Crippen LogP contribution is -2.36. The van der Waals surface area contributed by atoms with E-state index in [1.807, 2.05) is 0 Å². The zero-order valence-electron chi connectivity index (χ0n) is 10.9. The Hall–Kier alpha value is -2.26. The lowest BCUT2D eigenvalue weighted by molar-refractivity contribution is -0.120. The fourth-order valence-electron chi connectivity index (χ4n) is 1.49. The van der Waals surface area contributed by atoms with Crippen molar-refractivity contribution in [1.82, 2.24) is 4.72 Å². The minimum absolute atomic E-state index is 0.0358. The largest absolute Gasteiger partial charge is 0.507 e. The first-order valence-electron chi connectivity index (χ1n) is 5.91. The molecule has 21 heavy (non-hydrogen) atoms. The summed E-state index contributed by atoms with van der Waals surface area (Å²) in [6.45, 7) is 0. The second kappa shape index (κ2) is 7.50. The number of amides is 2. The van der Waals surface area contributed by atoms with Gasteiger partial charge in [-0.2, -0.15) is 0 Å². The molecule has 9 heteroatoms. The van der Waals surface area contributed by atoms with Gasteiger partial charge >= 0.3 is 5.97 Å². The van der Waals surface area contributed by atoms with Crippen LogP contribution in [-0.2, 0) is 9.59 Å². The summed E-state index contributed by atoms with van der Waals surface area (Å²) in [5.74, 6) is -2.66. The summed E-state index contributed by atoms with van der Waals surface area (Å²) in [6.07, 6.45) is 0.149. The van der Waals surface area contributed by atoms with Crippen molar-refractivity contribution in [2.75, 3.05) is 5.32 Å². The summed E-state index contributed by atoms with van der Waals surface area (Å²) in [5, 5.41) is 20.6. The van der Waals surface area contributed by atoms with Gasteiger partial charge in [-0.05, 0) is 24.6 Å². The van der Waals surface area contributed by atoms with Gasteiger partial charge in [0.15, 0.2) is 0 Å². The Kier molecular flexibility index (Phi) is 6.00. The molecule has 8 nitrogen and oxygen atoms in total. The number of carboxylic acids is 1. The third kappa shape index (κ3) is 4.97. The van der Waals surface area contributed by atoms with Gasteiger partial charge in [0.2, 0.25) is 11.8 Å². The molecule has 1 aromatic rings. The van der Waals surface area contributed by atoms with Crippen molar-refractivity contribution in [3.8, 4) is 5.75 Å². The van der Waals surface area contributed by atoms with Gasteiger partial charge in [-0.3, -0.25) is 9.59 Å². The van der Waals surface area contributed by atoms with Crippen LogP contribution in [0, 0.1) is 0 Å². The Morgan fingerprint density at radius 2 is 2.00 bits per heavy atom. The maximum Gasteiger partial charge on any atom is 0.339 e. The highest BCUT2D eigenvalue weighted by Crippen LogP contribution is 2.21. The van der Waals surface area contributed by atoms with E-state index in [0.717, 1.165) is 12.1 Å². The molecule has 0 heterocycles. The van der Waals surface area contributed by atoms with E-state index in [-0.39, 0.29) is 30.0 Å². The van der Waals surface area contributed by atoms with Gasteiger partial charge in [0.05, 0.1) is 6.04 Å². The molecule has 2 amide bonds. The van der Waals surface area contributed by atoms with Crippen molar-refractivity contribution in [3.63, 3.8) is 0 Å². The van der Waals surface area contributed by atoms with Gasteiger partial charge < -0.3 is 26.0 Å². The van der Waals surface area contributed by atoms with E-state index >= 15 is 0 Å². The Morgan fingerprint density at radius 1 is 1.33 bits per heavy atom. The van der Waals surface area contributed by atoms with Crippen LogP contribution >= 0.6 is 12.8 Å². The van der Waals surface area contributed by atoms with Crippen molar-refractivity contribution in [3.05, 3.63) is 23.8 Å².